The van der Waals surface area contributed by atoms with E-state index in [0.29, 0.717) is 0 Å². The fraction of sp³-hybridized carbons (Fsp3) is 0.476. The van der Waals surface area contributed by atoms with Gasteiger partial charge in [-0.25, -0.2) is 0 Å². The van der Waals surface area contributed by atoms with Gasteiger partial charge in [0.05, 0.1) is 0 Å². The first-order valence-electron chi connectivity index (χ1n) is 8.14. The van der Waals surface area contributed by atoms with Crippen molar-refractivity contribution in [3.63, 3.8) is 0 Å². The maximum Gasteiger partial charge on any atom is 0.143 e. The van der Waals surface area contributed by atoms with Crippen LogP contribution in [0.15, 0.2) is 58.2 Å². The van der Waals surface area contributed by atoms with Crippen LogP contribution in [0.5, 0.6) is 0 Å². The van der Waals surface area contributed by atoms with Crippen LogP contribution in [0.3, 0.4) is 0 Å². The highest BCUT2D eigenvalue weighted by atomic mass is 16.1. The molecule has 1 nitrogen and oxygen atoms in total. The van der Waals surface area contributed by atoms with E-state index in [-0.39, 0.29) is 5.41 Å². The summed E-state index contributed by atoms with van der Waals surface area (Å²) in [7, 11) is 0. The van der Waals surface area contributed by atoms with Crippen molar-refractivity contribution in [1.29, 1.82) is 0 Å². The van der Waals surface area contributed by atoms with E-state index in [1.807, 2.05) is 13.0 Å². The molecule has 0 aliphatic heterocycles. The third-order valence-corrected chi connectivity index (χ3v) is 4.59. The Kier molecular flexibility index (Phi) is 6.80. The summed E-state index contributed by atoms with van der Waals surface area (Å²) in [5.41, 5.74) is 6.76. The first kappa shape index (κ1) is 18.4. The molecule has 0 amide bonds. The molecule has 0 unspecified atom stereocenters. The maximum absolute atomic E-state index is 10.4. The van der Waals surface area contributed by atoms with Crippen LogP contribution in [0.1, 0.15) is 60.8 Å². The molecular weight excluding hydrogens is 268 g/mol. The first-order valence-corrected chi connectivity index (χ1v) is 8.14. The normalized spacial score (nSPS) is 20.7. The average molecular weight is 298 g/mol. The molecule has 0 radical (unpaired) electrons. The third kappa shape index (κ3) is 5.29. The molecule has 0 heterocycles. The van der Waals surface area contributed by atoms with Gasteiger partial charge < -0.3 is 0 Å². The van der Waals surface area contributed by atoms with Crippen molar-refractivity contribution in [1.82, 2.24) is 0 Å². The molecular formula is C21H30O. The molecule has 1 heteroatoms. The van der Waals surface area contributed by atoms with Crippen molar-refractivity contribution < 1.29 is 4.79 Å². The highest BCUT2D eigenvalue weighted by molar-refractivity contribution is 5.67. The SMILES string of the molecule is CC1=C(/C=C/C(C)=C(C)/C=C/C(C)=C/C=O)C(C)(C)CCC1. The third-order valence-electron chi connectivity index (χ3n) is 4.59. The zero-order valence-corrected chi connectivity index (χ0v) is 15.0. The molecule has 0 saturated carbocycles. The van der Waals surface area contributed by atoms with Crippen LogP contribution in [-0.4, -0.2) is 6.29 Å². The van der Waals surface area contributed by atoms with Crippen LogP contribution in [0.4, 0.5) is 0 Å². The molecule has 0 fully saturated rings. The van der Waals surface area contributed by atoms with E-state index in [1.54, 1.807) is 6.08 Å². The van der Waals surface area contributed by atoms with Crippen LogP contribution in [-0.2, 0) is 4.79 Å². The van der Waals surface area contributed by atoms with Gasteiger partial charge in [-0.2, -0.15) is 0 Å². The van der Waals surface area contributed by atoms with Crippen LogP contribution >= 0.6 is 0 Å². The van der Waals surface area contributed by atoms with E-state index >= 15 is 0 Å². The van der Waals surface area contributed by atoms with Gasteiger partial charge in [0.25, 0.3) is 0 Å². The van der Waals surface area contributed by atoms with Crippen LogP contribution in [0, 0.1) is 5.41 Å². The predicted octanol–water partition coefficient (Wildman–Crippen LogP) is 6.11. The second-order valence-electron chi connectivity index (χ2n) is 7.01. The van der Waals surface area contributed by atoms with Crippen LogP contribution < -0.4 is 0 Å². The molecule has 0 spiro atoms. The fourth-order valence-electron chi connectivity index (χ4n) is 2.90. The molecule has 0 aromatic rings. The summed E-state index contributed by atoms with van der Waals surface area (Å²) < 4.78 is 0. The molecule has 120 valence electrons. The molecule has 0 aromatic carbocycles. The van der Waals surface area contributed by atoms with Crippen molar-refractivity contribution in [3.05, 3.63) is 58.2 Å². The van der Waals surface area contributed by atoms with Crippen LogP contribution in [0.2, 0.25) is 0 Å². The highest BCUT2D eigenvalue weighted by Gasteiger charge is 2.26. The van der Waals surface area contributed by atoms with Crippen molar-refractivity contribution >= 4 is 6.29 Å². The summed E-state index contributed by atoms with van der Waals surface area (Å²) in [6.45, 7) is 13.1. The number of rotatable bonds is 5. The van der Waals surface area contributed by atoms with Gasteiger partial charge in [0, 0.05) is 0 Å². The standard InChI is InChI=1S/C21H30O/c1-16(13-15-22)9-10-17(2)18(3)11-12-20-19(4)8-7-14-21(20,5)6/h9-13,15H,7-8,14H2,1-6H3/b10-9+,12-11+,16-13+,18-17+. The van der Waals surface area contributed by atoms with E-state index in [2.05, 4.69) is 52.8 Å². The number of hydrogen-bond donors (Lipinski definition) is 0. The first-order chi connectivity index (χ1) is 10.3. The molecule has 22 heavy (non-hydrogen) atoms. The average Bonchev–Trinajstić information content (AvgIpc) is 2.43. The van der Waals surface area contributed by atoms with Gasteiger partial charge in [-0.3, -0.25) is 4.79 Å². The Bertz CT molecular complexity index is 563. The number of hydrogen-bond acceptors (Lipinski definition) is 1. The molecule has 0 bridgehead atoms. The summed E-state index contributed by atoms with van der Waals surface area (Å²) in [5, 5.41) is 0. The van der Waals surface area contributed by atoms with Gasteiger partial charge in [-0.05, 0) is 80.7 Å². The monoisotopic (exact) mass is 298 g/mol. The quantitative estimate of drug-likeness (QED) is 0.340. The smallest absolute Gasteiger partial charge is 0.143 e. The maximum atomic E-state index is 10.4. The topological polar surface area (TPSA) is 17.1 Å². The molecule has 0 atom stereocenters. The van der Waals surface area contributed by atoms with Crippen LogP contribution in [0.25, 0.3) is 0 Å². The Labute approximate surface area is 136 Å². The Morgan fingerprint density at radius 3 is 2.27 bits per heavy atom. The second kappa shape index (κ2) is 8.12. The Morgan fingerprint density at radius 1 is 1.05 bits per heavy atom. The lowest BCUT2D eigenvalue weighted by Gasteiger charge is -2.33. The molecule has 0 N–H and O–H groups in total. The zero-order valence-electron chi connectivity index (χ0n) is 15.0. The number of allylic oxidation sites excluding steroid dienone is 10. The van der Waals surface area contributed by atoms with Gasteiger partial charge in [0.1, 0.15) is 6.29 Å². The number of carbonyl (C=O) groups is 1. The predicted molar refractivity (Wildman–Crippen MR) is 96.8 cm³/mol. The van der Waals surface area contributed by atoms with Crippen molar-refractivity contribution in [2.75, 3.05) is 0 Å². The number of aldehydes is 1. The largest absolute Gasteiger partial charge is 0.299 e. The molecule has 0 saturated heterocycles. The Hall–Kier alpha value is -1.63. The number of carbonyl (C=O) groups excluding carboxylic acids is 1. The summed E-state index contributed by atoms with van der Waals surface area (Å²) >= 11 is 0. The van der Waals surface area contributed by atoms with Gasteiger partial charge in [-0.1, -0.05) is 43.7 Å². The van der Waals surface area contributed by atoms with Crippen molar-refractivity contribution in [2.24, 2.45) is 5.41 Å². The Balaban J connectivity index is 2.94. The highest BCUT2D eigenvalue weighted by Crippen LogP contribution is 2.40. The van der Waals surface area contributed by atoms with E-state index < -0.39 is 0 Å². The minimum absolute atomic E-state index is 0.284. The zero-order chi connectivity index (χ0) is 16.8. The van der Waals surface area contributed by atoms with Crippen molar-refractivity contribution in [2.45, 2.75) is 60.8 Å². The van der Waals surface area contributed by atoms with E-state index in [1.165, 1.54) is 41.6 Å². The summed E-state index contributed by atoms with van der Waals surface area (Å²) in [6.07, 6.45) is 14.8. The lowest BCUT2D eigenvalue weighted by Crippen LogP contribution is -2.19. The molecule has 1 aliphatic carbocycles. The molecule has 0 aromatic heterocycles. The minimum Gasteiger partial charge on any atom is -0.299 e. The lowest BCUT2D eigenvalue weighted by molar-refractivity contribution is -0.104. The van der Waals surface area contributed by atoms with Gasteiger partial charge >= 0.3 is 0 Å². The van der Waals surface area contributed by atoms with E-state index in [9.17, 15) is 4.79 Å². The Morgan fingerprint density at radius 2 is 1.68 bits per heavy atom. The fourth-order valence-corrected chi connectivity index (χ4v) is 2.90. The van der Waals surface area contributed by atoms with Gasteiger partial charge in [0.2, 0.25) is 0 Å². The molecule has 1 rings (SSSR count). The van der Waals surface area contributed by atoms with Gasteiger partial charge in [-0.15, -0.1) is 0 Å². The van der Waals surface area contributed by atoms with Gasteiger partial charge in [0.15, 0.2) is 0 Å². The summed E-state index contributed by atoms with van der Waals surface area (Å²) in [5.74, 6) is 0. The van der Waals surface area contributed by atoms with E-state index in [4.69, 9.17) is 0 Å². The van der Waals surface area contributed by atoms with Crippen molar-refractivity contribution in [3.8, 4) is 0 Å². The van der Waals surface area contributed by atoms with E-state index in [0.717, 1.165) is 11.9 Å². The minimum atomic E-state index is 0.284. The second-order valence-corrected chi connectivity index (χ2v) is 7.01. The summed E-state index contributed by atoms with van der Waals surface area (Å²) in [6, 6.07) is 0. The summed E-state index contributed by atoms with van der Waals surface area (Å²) in [4.78, 5) is 10.4. The molecule has 1 aliphatic rings. The lowest BCUT2D eigenvalue weighted by atomic mass is 9.72.